The van der Waals surface area contributed by atoms with E-state index in [2.05, 4.69) is 34.6 Å². The first kappa shape index (κ1) is 102. The van der Waals surface area contributed by atoms with Crippen molar-refractivity contribution < 1.29 is 80.2 Å². The zero-order valence-corrected chi connectivity index (χ0v) is 70.0. The molecule has 0 aliphatic rings. The largest absolute Gasteiger partial charge is 0.472 e. The number of hydrogen-bond donors (Lipinski definition) is 3. The zero-order chi connectivity index (χ0) is 76.2. The molecule has 19 heteroatoms. The molecule has 5 atom stereocenters. The molecule has 0 fully saturated rings. The molecule has 0 radical (unpaired) electrons. The Morgan fingerprint density at radius 2 is 0.442 bits per heavy atom. The van der Waals surface area contributed by atoms with Crippen LogP contribution < -0.4 is 0 Å². The van der Waals surface area contributed by atoms with Crippen molar-refractivity contribution in [3.63, 3.8) is 0 Å². The van der Waals surface area contributed by atoms with Gasteiger partial charge in [0.2, 0.25) is 0 Å². The van der Waals surface area contributed by atoms with Crippen LogP contribution >= 0.6 is 15.6 Å². The van der Waals surface area contributed by atoms with Crippen molar-refractivity contribution in [3.8, 4) is 0 Å². The van der Waals surface area contributed by atoms with Crippen LogP contribution in [0.25, 0.3) is 0 Å². The third-order valence-corrected chi connectivity index (χ3v) is 21.9. The maximum Gasteiger partial charge on any atom is 0.472 e. The monoisotopic (exact) mass is 1520 g/mol. The standard InChI is InChI=1S/C85H166O17P2/c1-6-9-12-15-18-21-24-26-28-35-39-44-49-54-59-64-69-83(88)96-75-81(102-85(90)71-66-61-56-51-46-41-37-33-31-30-32-34-38-43-47-52-57-62-67-78(4)5)77-100-104(93,94)98-73-79(86)72-97-103(91,92)99-76-80(74-95-82(87)68-63-58-53-48-42-23-20-17-14-11-8-3)101-84(89)70-65-60-55-50-45-40-36-29-27-25-22-19-16-13-10-7-2/h78-81,86H,6-77H2,1-5H3,(H,91,92)(H,93,94)/t79-,80+,81+/m0/s1. The first-order valence-corrected chi connectivity index (χ1v) is 47.1. The topological polar surface area (TPSA) is 237 Å². The van der Waals surface area contributed by atoms with E-state index in [0.717, 1.165) is 95.8 Å². The van der Waals surface area contributed by atoms with Gasteiger partial charge in [-0.05, 0) is 31.6 Å². The second-order valence-electron chi connectivity index (χ2n) is 31.1. The molecule has 0 aromatic rings. The molecule has 0 aliphatic heterocycles. The summed E-state index contributed by atoms with van der Waals surface area (Å²) in [4.78, 5) is 73.2. The van der Waals surface area contributed by atoms with Crippen LogP contribution in [-0.2, 0) is 65.4 Å². The molecule has 0 aromatic heterocycles. The van der Waals surface area contributed by atoms with Crippen LogP contribution in [0.15, 0.2) is 0 Å². The first-order valence-electron chi connectivity index (χ1n) is 44.1. The predicted octanol–water partition coefficient (Wildman–Crippen LogP) is 26.0. The number of aliphatic hydroxyl groups excluding tert-OH is 1. The number of aliphatic hydroxyl groups is 1. The van der Waals surface area contributed by atoms with Gasteiger partial charge in [0, 0.05) is 25.7 Å². The second kappa shape index (κ2) is 77.8. The third kappa shape index (κ3) is 78.2. The lowest BCUT2D eigenvalue weighted by molar-refractivity contribution is -0.161. The summed E-state index contributed by atoms with van der Waals surface area (Å²) in [5.41, 5.74) is 0. The number of unbranched alkanes of at least 4 members (excludes halogenated alkanes) is 57. The lowest BCUT2D eigenvalue weighted by Crippen LogP contribution is -2.30. The van der Waals surface area contributed by atoms with E-state index in [9.17, 15) is 43.2 Å². The molecule has 0 amide bonds. The average Bonchev–Trinajstić information content (AvgIpc) is 0.947. The van der Waals surface area contributed by atoms with Gasteiger partial charge in [-0.1, -0.05) is 407 Å². The summed E-state index contributed by atoms with van der Waals surface area (Å²) in [6, 6.07) is 0. The molecule has 0 saturated heterocycles. The Morgan fingerprint density at radius 3 is 0.654 bits per heavy atom. The van der Waals surface area contributed by atoms with Crippen LogP contribution in [-0.4, -0.2) is 96.7 Å². The van der Waals surface area contributed by atoms with E-state index in [1.807, 2.05) is 0 Å². The SMILES string of the molecule is CCCCCCCCCCCCCCCCCCC(=O)OC[C@H](COP(=O)(O)OC[C@@H](O)COP(=O)(O)OC[C@@H](COC(=O)CCCCCCCCCCCCC)OC(=O)CCCCCCCCCCCCCCCCCC)OC(=O)CCCCCCCCCCCCCCCCCCCCC(C)C. The Kier molecular flexibility index (Phi) is 76.3. The average molecular weight is 1520 g/mol. The summed E-state index contributed by atoms with van der Waals surface area (Å²) in [6.45, 7) is 7.40. The van der Waals surface area contributed by atoms with E-state index < -0.39 is 97.5 Å². The van der Waals surface area contributed by atoms with Gasteiger partial charge in [-0.15, -0.1) is 0 Å². The number of rotatable bonds is 85. The van der Waals surface area contributed by atoms with Crippen molar-refractivity contribution in [1.82, 2.24) is 0 Å². The van der Waals surface area contributed by atoms with E-state index in [1.165, 1.54) is 283 Å². The Labute approximate surface area is 638 Å². The van der Waals surface area contributed by atoms with Gasteiger partial charge in [-0.25, -0.2) is 9.13 Å². The smallest absolute Gasteiger partial charge is 0.462 e. The van der Waals surface area contributed by atoms with Gasteiger partial charge in [0.25, 0.3) is 0 Å². The van der Waals surface area contributed by atoms with Gasteiger partial charge < -0.3 is 33.8 Å². The summed E-state index contributed by atoms with van der Waals surface area (Å²) in [7, 11) is -9.92. The summed E-state index contributed by atoms with van der Waals surface area (Å²) < 4.78 is 68.9. The Bertz CT molecular complexity index is 1980. The van der Waals surface area contributed by atoms with Crippen molar-refractivity contribution in [2.75, 3.05) is 39.6 Å². The van der Waals surface area contributed by atoms with Gasteiger partial charge in [0.05, 0.1) is 26.4 Å². The predicted molar refractivity (Wildman–Crippen MR) is 428 cm³/mol. The molecule has 17 nitrogen and oxygen atoms in total. The highest BCUT2D eigenvalue weighted by Gasteiger charge is 2.30. The lowest BCUT2D eigenvalue weighted by atomic mass is 10.0. The fourth-order valence-electron chi connectivity index (χ4n) is 13.3. The van der Waals surface area contributed by atoms with Gasteiger partial charge in [0.1, 0.15) is 19.3 Å². The van der Waals surface area contributed by atoms with E-state index >= 15 is 0 Å². The summed E-state index contributed by atoms with van der Waals surface area (Å²) in [5, 5.41) is 10.7. The van der Waals surface area contributed by atoms with E-state index in [-0.39, 0.29) is 25.7 Å². The molecule has 0 saturated carbocycles. The molecule has 2 unspecified atom stereocenters. The van der Waals surface area contributed by atoms with Crippen LogP contribution in [0.4, 0.5) is 0 Å². The minimum atomic E-state index is -4.96. The number of phosphoric ester groups is 2. The van der Waals surface area contributed by atoms with Crippen molar-refractivity contribution in [3.05, 3.63) is 0 Å². The minimum absolute atomic E-state index is 0.109. The highest BCUT2D eigenvalue weighted by molar-refractivity contribution is 7.47. The highest BCUT2D eigenvalue weighted by atomic mass is 31.2. The van der Waals surface area contributed by atoms with Crippen molar-refractivity contribution in [2.24, 2.45) is 5.92 Å². The van der Waals surface area contributed by atoms with Crippen molar-refractivity contribution in [1.29, 1.82) is 0 Å². The number of carbonyl (C=O) groups is 4. The molecule has 0 aliphatic carbocycles. The maximum atomic E-state index is 13.1. The number of esters is 4. The number of carbonyl (C=O) groups excluding carboxylic acids is 4. The molecule has 0 spiro atoms. The van der Waals surface area contributed by atoms with Gasteiger partial charge in [0.15, 0.2) is 12.2 Å². The van der Waals surface area contributed by atoms with Crippen LogP contribution in [0.5, 0.6) is 0 Å². The summed E-state index contributed by atoms with van der Waals surface area (Å²) >= 11 is 0. The lowest BCUT2D eigenvalue weighted by Gasteiger charge is -2.21. The Hall–Kier alpha value is -1.94. The van der Waals surface area contributed by atoms with Crippen LogP contribution in [0.3, 0.4) is 0 Å². The molecule has 0 heterocycles. The fraction of sp³-hybridized carbons (Fsp3) is 0.953. The quantitative estimate of drug-likeness (QED) is 0.0222. The van der Waals surface area contributed by atoms with Crippen LogP contribution in [0.2, 0.25) is 0 Å². The van der Waals surface area contributed by atoms with Gasteiger partial charge in [-0.3, -0.25) is 37.3 Å². The third-order valence-electron chi connectivity index (χ3n) is 20.0. The Morgan fingerprint density at radius 1 is 0.260 bits per heavy atom. The van der Waals surface area contributed by atoms with E-state index in [0.29, 0.717) is 25.7 Å². The number of ether oxygens (including phenoxy) is 4. The highest BCUT2D eigenvalue weighted by Crippen LogP contribution is 2.45. The fourth-order valence-corrected chi connectivity index (χ4v) is 14.9. The molecule has 104 heavy (non-hydrogen) atoms. The van der Waals surface area contributed by atoms with Gasteiger partial charge >= 0.3 is 39.5 Å². The molecule has 0 rings (SSSR count). The van der Waals surface area contributed by atoms with Crippen molar-refractivity contribution in [2.45, 2.75) is 477 Å². The van der Waals surface area contributed by atoms with E-state index in [1.54, 1.807) is 0 Å². The van der Waals surface area contributed by atoms with Gasteiger partial charge in [-0.2, -0.15) is 0 Å². The molecule has 0 bridgehead atoms. The number of hydrogen-bond acceptors (Lipinski definition) is 15. The molecular formula is C85H166O17P2. The molecular weight excluding hydrogens is 1350 g/mol. The molecule has 0 aromatic carbocycles. The van der Waals surface area contributed by atoms with Crippen LogP contribution in [0.1, 0.15) is 458 Å². The van der Waals surface area contributed by atoms with Crippen molar-refractivity contribution >= 4 is 39.5 Å². The second-order valence-corrected chi connectivity index (χ2v) is 34.0. The maximum absolute atomic E-state index is 13.1. The molecule has 3 N–H and O–H groups in total. The molecule has 618 valence electrons. The van der Waals surface area contributed by atoms with Crippen LogP contribution in [0, 0.1) is 5.92 Å². The number of phosphoric acid groups is 2. The minimum Gasteiger partial charge on any atom is -0.462 e. The summed E-state index contributed by atoms with van der Waals surface area (Å²) in [6.07, 6.45) is 70.7. The Balaban J connectivity index is 5.23. The van der Waals surface area contributed by atoms with E-state index in [4.69, 9.17) is 37.0 Å². The zero-order valence-electron chi connectivity index (χ0n) is 68.2. The summed E-state index contributed by atoms with van der Waals surface area (Å²) in [5.74, 6) is -1.28. The normalized spacial score (nSPS) is 13.8. The first-order chi connectivity index (χ1) is 50.5.